The summed E-state index contributed by atoms with van der Waals surface area (Å²) in [5.74, 6) is -0.541. The molecular weight excluding hydrogens is 461 g/mol. The van der Waals surface area contributed by atoms with Gasteiger partial charge in [-0.2, -0.15) is 0 Å². The fraction of sp³-hybridized carbons (Fsp3) is 0. The number of nitro benzene ring substituents is 1. The molecule has 0 amide bonds. The van der Waals surface area contributed by atoms with Gasteiger partial charge in [0.2, 0.25) is 11.2 Å². The third kappa shape index (κ3) is 4.27. The second-order valence-electron chi connectivity index (χ2n) is 6.43. The molecule has 0 N–H and O–H groups in total. The van der Waals surface area contributed by atoms with Crippen molar-refractivity contribution in [2.24, 2.45) is 0 Å². The maximum atomic E-state index is 12.7. The number of ether oxygens (including phenoxy) is 2. The Hall–Kier alpha value is -3.88. The van der Waals surface area contributed by atoms with Crippen molar-refractivity contribution in [3.63, 3.8) is 0 Å². The summed E-state index contributed by atoms with van der Waals surface area (Å²) < 4.78 is 16.3. The third-order valence-electron chi connectivity index (χ3n) is 4.36. The van der Waals surface area contributed by atoms with Crippen LogP contribution in [0.4, 0.5) is 5.69 Å². The Balaban J connectivity index is 1.60. The average molecular weight is 472 g/mol. The van der Waals surface area contributed by atoms with Crippen LogP contribution < -0.4 is 14.9 Å². The highest BCUT2D eigenvalue weighted by Gasteiger charge is 2.18. The lowest BCUT2D eigenvalue weighted by atomic mass is 10.2. The summed E-state index contributed by atoms with van der Waals surface area (Å²) in [6, 6.07) is 14.4. The summed E-state index contributed by atoms with van der Waals surface area (Å²) in [7, 11) is 0. The summed E-state index contributed by atoms with van der Waals surface area (Å²) in [4.78, 5) is 35.4. The van der Waals surface area contributed by atoms with Gasteiger partial charge in [0.05, 0.1) is 20.9 Å². The summed E-state index contributed by atoms with van der Waals surface area (Å²) in [5, 5.41) is 11.4. The molecule has 0 spiro atoms. The Bertz CT molecular complexity index is 1430. The summed E-state index contributed by atoms with van der Waals surface area (Å²) in [5.41, 5.74) is -0.783. The molecule has 0 unspecified atom stereocenters. The highest BCUT2D eigenvalue weighted by molar-refractivity contribution is 6.32. The first-order chi connectivity index (χ1) is 15.3. The molecule has 0 aliphatic rings. The van der Waals surface area contributed by atoms with Crippen LogP contribution in [0.3, 0.4) is 0 Å². The van der Waals surface area contributed by atoms with Gasteiger partial charge in [-0.15, -0.1) is 0 Å². The zero-order valence-corrected chi connectivity index (χ0v) is 17.4. The van der Waals surface area contributed by atoms with Gasteiger partial charge in [-0.25, -0.2) is 4.79 Å². The number of para-hydroxylation sites is 1. The number of fused-ring (bicyclic) bond motifs is 1. The average Bonchev–Trinajstić information content (AvgIpc) is 2.77. The van der Waals surface area contributed by atoms with Gasteiger partial charge in [-0.1, -0.05) is 35.3 Å². The van der Waals surface area contributed by atoms with Crippen molar-refractivity contribution in [2.75, 3.05) is 0 Å². The highest BCUT2D eigenvalue weighted by Crippen LogP contribution is 2.29. The number of hydrogen-bond donors (Lipinski definition) is 0. The molecule has 10 heteroatoms. The van der Waals surface area contributed by atoms with Crippen molar-refractivity contribution in [1.29, 1.82) is 0 Å². The van der Waals surface area contributed by atoms with E-state index in [4.69, 9.17) is 37.1 Å². The van der Waals surface area contributed by atoms with Gasteiger partial charge in [0.15, 0.2) is 0 Å². The lowest BCUT2D eigenvalue weighted by molar-refractivity contribution is -0.384. The number of halogens is 2. The smallest absolute Gasteiger partial charge is 0.343 e. The Morgan fingerprint density at radius 3 is 2.50 bits per heavy atom. The first kappa shape index (κ1) is 21.4. The van der Waals surface area contributed by atoms with Gasteiger partial charge >= 0.3 is 5.97 Å². The minimum atomic E-state index is -0.842. The van der Waals surface area contributed by atoms with E-state index < -0.39 is 22.0 Å². The highest BCUT2D eigenvalue weighted by atomic mass is 35.5. The van der Waals surface area contributed by atoms with Crippen molar-refractivity contribution >= 4 is 45.8 Å². The molecule has 32 heavy (non-hydrogen) atoms. The topological polar surface area (TPSA) is 109 Å². The zero-order valence-electron chi connectivity index (χ0n) is 15.9. The Labute approximate surface area is 189 Å². The van der Waals surface area contributed by atoms with Crippen LogP contribution in [0.15, 0.2) is 76.1 Å². The van der Waals surface area contributed by atoms with Gasteiger partial charge < -0.3 is 13.9 Å². The van der Waals surface area contributed by atoms with E-state index in [1.165, 1.54) is 30.3 Å². The molecule has 0 aliphatic heterocycles. The number of carbonyl (C=O) groups excluding carboxylic acids is 1. The standard InChI is InChI=1S/C22H11Cl2NO7/c23-15-8-5-12(9-17(15)25(28)29)22(27)31-13-6-7-14-19(10-13)30-11-20(21(14)26)32-18-4-2-1-3-16(18)24/h1-11H. The molecule has 0 bridgehead atoms. The van der Waals surface area contributed by atoms with E-state index >= 15 is 0 Å². The van der Waals surface area contributed by atoms with Crippen molar-refractivity contribution in [3.8, 4) is 17.2 Å². The summed E-state index contributed by atoms with van der Waals surface area (Å²) in [6.07, 6.45) is 1.13. The molecule has 1 heterocycles. The number of nitrogens with zero attached hydrogens (tertiary/aromatic N) is 1. The Kier molecular flexibility index (Phi) is 5.81. The lowest BCUT2D eigenvalue weighted by Crippen LogP contribution is -2.09. The first-order valence-electron chi connectivity index (χ1n) is 8.97. The molecule has 0 aliphatic carbocycles. The number of esters is 1. The number of benzene rings is 3. The predicted octanol–water partition coefficient (Wildman–Crippen LogP) is 6.02. The van der Waals surface area contributed by atoms with Gasteiger partial charge in [0.1, 0.15) is 28.4 Å². The predicted molar refractivity (Wildman–Crippen MR) is 117 cm³/mol. The molecule has 4 rings (SSSR count). The molecule has 0 saturated heterocycles. The van der Waals surface area contributed by atoms with Gasteiger partial charge in [-0.05, 0) is 36.4 Å². The van der Waals surface area contributed by atoms with Crippen LogP contribution in [0.25, 0.3) is 11.0 Å². The molecule has 3 aromatic carbocycles. The van der Waals surface area contributed by atoms with E-state index in [9.17, 15) is 19.7 Å². The number of hydrogen-bond acceptors (Lipinski definition) is 7. The second kappa shape index (κ2) is 8.70. The molecule has 8 nitrogen and oxygen atoms in total. The van der Waals surface area contributed by atoms with Crippen molar-refractivity contribution < 1.29 is 23.6 Å². The van der Waals surface area contributed by atoms with Crippen LogP contribution in [0, 0.1) is 10.1 Å². The fourth-order valence-corrected chi connectivity index (χ4v) is 3.18. The lowest BCUT2D eigenvalue weighted by Gasteiger charge is -2.08. The molecule has 0 saturated carbocycles. The minimum Gasteiger partial charge on any atom is -0.460 e. The normalized spacial score (nSPS) is 10.7. The van der Waals surface area contributed by atoms with Gasteiger partial charge in [-0.3, -0.25) is 14.9 Å². The summed E-state index contributed by atoms with van der Waals surface area (Å²) >= 11 is 11.8. The van der Waals surface area contributed by atoms with E-state index in [0.717, 1.165) is 12.3 Å². The molecule has 0 radical (unpaired) electrons. The fourth-order valence-electron chi connectivity index (χ4n) is 2.82. The van der Waals surface area contributed by atoms with Crippen LogP contribution in [0.2, 0.25) is 10.0 Å². The number of carbonyl (C=O) groups is 1. The van der Waals surface area contributed by atoms with Crippen LogP contribution >= 0.6 is 23.2 Å². The third-order valence-corrected chi connectivity index (χ3v) is 4.99. The maximum Gasteiger partial charge on any atom is 0.343 e. The Morgan fingerprint density at radius 2 is 1.75 bits per heavy atom. The number of rotatable bonds is 5. The van der Waals surface area contributed by atoms with Crippen LogP contribution in [0.5, 0.6) is 17.2 Å². The van der Waals surface area contributed by atoms with Crippen LogP contribution in [-0.4, -0.2) is 10.9 Å². The largest absolute Gasteiger partial charge is 0.460 e. The second-order valence-corrected chi connectivity index (χ2v) is 7.25. The minimum absolute atomic E-state index is 0.0638. The molecule has 4 aromatic rings. The molecule has 0 fully saturated rings. The quantitative estimate of drug-likeness (QED) is 0.151. The first-order valence-corrected chi connectivity index (χ1v) is 9.73. The molecular formula is C22H11Cl2NO7. The maximum absolute atomic E-state index is 12.7. The number of nitro groups is 1. The van der Waals surface area contributed by atoms with Gasteiger partial charge in [0.25, 0.3) is 5.69 Å². The van der Waals surface area contributed by atoms with E-state index in [1.807, 2.05) is 0 Å². The van der Waals surface area contributed by atoms with E-state index in [1.54, 1.807) is 24.3 Å². The van der Waals surface area contributed by atoms with Crippen molar-refractivity contribution in [3.05, 3.63) is 103 Å². The monoisotopic (exact) mass is 471 g/mol. The molecule has 160 valence electrons. The van der Waals surface area contributed by atoms with Gasteiger partial charge in [0, 0.05) is 12.1 Å². The van der Waals surface area contributed by atoms with E-state index in [0.29, 0.717) is 10.8 Å². The van der Waals surface area contributed by atoms with Crippen molar-refractivity contribution in [1.82, 2.24) is 0 Å². The molecule has 1 aromatic heterocycles. The van der Waals surface area contributed by atoms with E-state index in [2.05, 4.69) is 0 Å². The van der Waals surface area contributed by atoms with Crippen LogP contribution in [-0.2, 0) is 0 Å². The zero-order chi connectivity index (χ0) is 22.8. The van der Waals surface area contributed by atoms with E-state index in [-0.39, 0.29) is 33.1 Å². The summed E-state index contributed by atoms with van der Waals surface area (Å²) in [6.45, 7) is 0. The SMILES string of the molecule is O=C(Oc1ccc2c(=O)c(Oc3ccccc3Cl)coc2c1)c1ccc(Cl)c([N+](=O)[O-])c1. The Morgan fingerprint density at radius 1 is 0.969 bits per heavy atom. The van der Waals surface area contributed by atoms with Crippen LogP contribution in [0.1, 0.15) is 10.4 Å². The molecule has 0 atom stereocenters. The van der Waals surface area contributed by atoms with Crippen molar-refractivity contribution in [2.45, 2.75) is 0 Å².